The van der Waals surface area contributed by atoms with Crippen molar-refractivity contribution in [2.75, 3.05) is 5.73 Å². The number of hydrogen-bond acceptors (Lipinski definition) is 6. The second-order valence-corrected chi connectivity index (χ2v) is 5.46. The van der Waals surface area contributed by atoms with E-state index in [1.165, 1.54) is 24.4 Å². The highest BCUT2D eigenvalue weighted by molar-refractivity contribution is 6.46. The van der Waals surface area contributed by atoms with Crippen LogP contribution in [0, 0.1) is 10.1 Å². The van der Waals surface area contributed by atoms with Crippen LogP contribution in [-0.4, -0.2) is 22.0 Å². The first kappa shape index (κ1) is 17.9. The molecular weight excluding hydrogens is 381 g/mol. The number of hydrazone groups is 1. The lowest BCUT2D eigenvalue weighted by molar-refractivity contribution is -0.384. The van der Waals surface area contributed by atoms with E-state index in [-0.39, 0.29) is 32.3 Å². The highest BCUT2D eigenvalue weighted by Crippen LogP contribution is 2.34. The minimum absolute atomic E-state index is 0.0571. The van der Waals surface area contributed by atoms with E-state index in [0.717, 1.165) is 0 Å². The number of nitrogens with zero attached hydrogens (tertiary/aromatic N) is 3. The Morgan fingerprint density at radius 2 is 2.04 bits per heavy atom. The van der Waals surface area contributed by atoms with Crippen LogP contribution in [0.15, 0.2) is 29.4 Å². The number of nitrogens with two attached hydrogens (primary N) is 1. The molecule has 2 aromatic rings. The molecule has 0 aliphatic carbocycles. The van der Waals surface area contributed by atoms with E-state index in [1.807, 2.05) is 0 Å². The van der Waals surface area contributed by atoms with Crippen molar-refractivity contribution in [2.45, 2.75) is 0 Å². The Kier molecular flexibility index (Phi) is 5.55. The summed E-state index contributed by atoms with van der Waals surface area (Å²) >= 11 is 17.4. The van der Waals surface area contributed by atoms with Gasteiger partial charge in [0, 0.05) is 17.7 Å². The molecule has 0 radical (unpaired) electrons. The normalized spacial score (nSPS) is 10.8. The molecule has 0 atom stereocenters. The number of pyridine rings is 1. The zero-order chi connectivity index (χ0) is 17.9. The number of anilines is 1. The maximum atomic E-state index is 12.0. The molecule has 0 bridgehead atoms. The molecule has 0 spiro atoms. The molecule has 124 valence electrons. The number of amides is 1. The van der Waals surface area contributed by atoms with Gasteiger partial charge in [0.1, 0.15) is 5.02 Å². The third-order valence-corrected chi connectivity index (χ3v) is 3.88. The molecule has 1 aromatic carbocycles. The summed E-state index contributed by atoms with van der Waals surface area (Å²) < 4.78 is 0. The van der Waals surface area contributed by atoms with E-state index in [9.17, 15) is 14.9 Å². The largest absolute Gasteiger partial charge is 0.396 e. The number of carbonyl (C=O) groups is 1. The topological polar surface area (TPSA) is 124 Å². The third kappa shape index (κ3) is 3.91. The molecule has 11 heteroatoms. The summed E-state index contributed by atoms with van der Waals surface area (Å²) in [7, 11) is 0. The van der Waals surface area contributed by atoms with Crippen molar-refractivity contribution in [1.82, 2.24) is 10.4 Å². The first-order chi connectivity index (χ1) is 11.3. The highest BCUT2D eigenvalue weighted by atomic mass is 35.5. The van der Waals surface area contributed by atoms with Crippen molar-refractivity contribution in [3.05, 3.63) is 60.8 Å². The fourth-order valence-electron chi connectivity index (χ4n) is 1.62. The van der Waals surface area contributed by atoms with Gasteiger partial charge in [-0.15, -0.1) is 0 Å². The number of nitrogen functional groups attached to an aromatic ring is 1. The van der Waals surface area contributed by atoms with Gasteiger partial charge in [0.15, 0.2) is 10.8 Å². The van der Waals surface area contributed by atoms with Crippen LogP contribution in [0.2, 0.25) is 15.2 Å². The molecule has 0 fully saturated rings. The van der Waals surface area contributed by atoms with Gasteiger partial charge in [-0.1, -0.05) is 46.9 Å². The van der Waals surface area contributed by atoms with Crippen LogP contribution in [0.4, 0.5) is 11.4 Å². The molecule has 1 aromatic heterocycles. The average molecular weight is 389 g/mol. The second-order valence-electron chi connectivity index (χ2n) is 4.34. The number of nitro groups is 1. The van der Waals surface area contributed by atoms with E-state index < -0.39 is 10.8 Å². The van der Waals surface area contributed by atoms with Gasteiger partial charge in [-0.25, -0.2) is 10.4 Å². The Hall–Kier alpha value is -2.42. The van der Waals surface area contributed by atoms with Crippen molar-refractivity contribution in [3.63, 3.8) is 0 Å². The molecule has 24 heavy (non-hydrogen) atoms. The maximum Gasteiger partial charge on any atom is 0.291 e. The molecule has 0 aliphatic rings. The summed E-state index contributed by atoms with van der Waals surface area (Å²) in [6, 6.07) is 5.68. The predicted octanol–water partition coefficient (Wildman–Crippen LogP) is 3.30. The van der Waals surface area contributed by atoms with Crippen molar-refractivity contribution in [2.24, 2.45) is 5.10 Å². The second kappa shape index (κ2) is 7.43. The smallest absolute Gasteiger partial charge is 0.291 e. The Bertz CT molecular complexity index is 857. The Balaban J connectivity index is 2.17. The van der Waals surface area contributed by atoms with Gasteiger partial charge in [0.25, 0.3) is 11.6 Å². The first-order valence-electron chi connectivity index (χ1n) is 6.19. The van der Waals surface area contributed by atoms with Crippen molar-refractivity contribution in [1.29, 1.82) is 0 Å². The monoisotopic (exact) mass is 387 g/mol. The number of non-ortho nitro benzene ring substituents is 1. The van der Waals surface area contributed by atoms with Crippen LogP contribution in [0.25, 0.3) is 0 Å². The third-order valence-electron chi connectivity index (χ3n) is 2.75. The SMILES string of the molecule is Nc1c(Cl)c(Cl)nc(C(=O)N/N=C/c2cccc([N+](=O)[O-])c2)c1Cl. The van der Waals surface area contributed by atoms with E-state index in [4.69, 9.17) is 40.5 Å². The number of halogens is 3. The number of hydrogen-bond donors (Lipinski definition) is 2. The first-order valence-corrected chi connectivity index (χ1v) is 7.32. The Labute approximate surface area is 150 Å². The number of rotatable bonds is 4. The maximum absolute atomic E-state index is 12.0. The molecule has 0 unspecified atom stereocenters. The van der Waals surface area contributed by atoms with Crippen LogP contribution >= 0.6 is 34.8 Å². The van der Waals surface area contributed by atoms with Gasteiger partial charge >= 0.3 is 0 Å². The molecule has 3 N–H and O–H groups in total. The number of carbonyl (C=O) groups excluding carboxylic acids is 1. The lowest BCUT2D eigenvalue weighted by Crippen LogP contribution is -2.20. The zero-order valence-corrected chi connectivity index (χ0v) is 13.9. The quantitative estimate of drug-likeness (QED) is 0.360. The van der Waals surface area contributed by atoms with Gasteiger partial charge in [0.05, 0.1) is 21.8 Å². The van der Waals surface area contributed by atoms with Crippen LogP contribution in [0.3, 0.4) is 0 Å². The van der Waals surface area contributed by atoms with Gasteiger partial charge in [0.2, 0.25) is 0 Å². The molecule has 0 saturated carbocycles. The fraction of sp³-hybridized carbons (Fsp3) is 0. The predicted molar refractivity (Wildman–Crippen MR) is 91.8 cm³/mol. The van der Waals surface area contributed by atoms with E-state index in [2.05, 4.69) is 15.5 Å². The fourth-order valence-corrected chi connectivity index (χ4v) is 2.21. The number of nitro benzene ring substituents is 1. The molecule has 1 amide bonds. The summed E-state index contributed by atoms with van der Waals surface area (Å²) in [6.45, 7) is 0. The van der Waals surface area contributed by atoms with E-state index in [0.29, 0.717) is 5.56 Å². The van der Waals surface area contributed by atoms with Crippen LogP contribution in [-0.2, 0) is 0 Å². The molecule has 8 nitrogen and oxygen atoms in total. The molecule has 2 rings (SSSR count). The lowest BCUT2D eigenvalue weighted by Gasteiger charge is -2.07. The Morgan fingerprint density at radius 3 is 2.71 bits per heavy atom. The number of aromatic nitrogens is 1. The van der Waals surface area contributed by atoms with Gasteiger partial charge in [-0.3, -0.25) is 14.9 Å². The van der Waals surface area contributed by atoms with E-state index >= 15 is 0 Å². The van der Waals surface area contributed by atoms with Gasteiger partial charge < -0.3 is 5.73 Å². The van der Waals surface area contributed by atoms with Crippen molar-refractivity contribution >= 4 is 58.3 Å². The van der Waals surface area contributed by atoms with Crippen LogP contribution < -0.4 is 11.2 Å². The Morgan fingerprint density at radius 1 is 1.33 bits per heavy atom. The molecular formula is C13H8Cl3N5O3. The number of benzene rings is 1. The summed E-state index contributed by atoms with van der Waals surface area (Å²) in [4.78, 5) is 25.9. The summed E-state index contributed by atoms with van der Waals surface area (Å²) in [5.41, 5.74) is 7.76. The van der Waals surface area contributed by atoms with Gasteiger partial charge in [-0.05, 0) is 0 Å². The van der Waals surface area contributed by atoms with E-state index in [1.54, 1.807) is 6.07 Å². The zero-order valence-electron chi connectivity index (χ0n) is 11.7. The van der Waals surface area contributed by atoms with Gasteiger partial charge in [-0.2, -0.15) is 5.10 Å². The van der Waals surface area contributed by atoms with Crippen LogP contribution in [0.1, 0.15) is 16.1 Å². The lowest BCUT2D eigenvalue weighted by atomic mass is 10.2. The standard InChI is InChI=1S/C13H8Cl3N5O3/c14-8-10(17)9(15)12(16)19-11(8)13(22)20-18-5-6-2-1-3-7(4-6)21(23)24/h1-5H,(H2,17,19)(H,20,22)/b18-5+. The summed E-state index contributed by atoms with van der Waals surface area (Å²) in [5.74, 6) is -0.771. The minimum atomic E-state index is -0.771. The molecule has 0 aliphatic heterocycles. The summed E-state index contributed by atoms with van der Waals surface area (Å²) in [5, 5.41) is 14.0. The highest BCUT2D eigenvalue weighted by Gasteiger charge is 2.19. The van der Waals surface area contributed by atoms with Crippen LogP contribution in [0.5, 0.6) is 0 Å². The van der Waals surface area contributed by atoms with Crippen molar-refractivity contribution in [3.8, 4) is 0 Å². The average Bonchev–Trinajstić information content (AvgIpc) is 2.56. The molecule has 1 heterocycles. The molecule has 0 saturated heterocycles. The number of nitrogens with one attached hydrogen (secondary N) is 1. The van der Waals surface area contributed by atoms with Crippen molar-refractivity contribution < 1.29 is 9.72 Å². The summed E-state index contributed by atoms with van der Waals surface area (Å²) in [6.07, 6.45) is 1.22. The minimum Gasteiger partial charge on any atom is -0.396 e.